The Bertz CT molecular complexity index is 1610. The van der Waals surface area contributed by atoms with E-state index < -0.39 is 29.7 Å². The highest BCUT2D eigenvalue weighted by atomic mass is 19.1. The first kappa shape index (κ1) is 24.6. The lowest BCUT2D eigenvalue weighted by atomic mass is 10.0. The fourth-order valence-corrected chi connectivity index (χ4v) is 5.80. The van der Waals surface area contributed by atoms with E-state index in [0.29, 0.717) is 23.8 Å². The van der Waals surface area contributed by atoms with Crippen molar-refractivity contribution in [2.75, 3.05) is 11.9 Å². The number of aryl methyl sites for hydroxylation is 1. The summed E-state index contributed by atoms with van der Waals surface area (Å²) >= 11 is 0. The summed E-state index contributed by atoms with van der Waals surface area (Å²) < 4.78 is 15.8. The van der Waals surface area contributed by atoms with Crippen molar-refractivity contribution >= 4 is 29.3 Å². The fraction of sp³-hybridized carbons (Fsp3) is 0.379. The minimum Gasteiger partial charge on any atom is -0.384 e. The van der Waals surface area contributed by atoms with Gasteiger partial charge in [0, 0.05) is 42.2 Å². The number of imide groups is 2. The zero-order chi connectivity index (χ0) is 27.7. The van der Waals surface area contributed by atoms with Crippen LogP contribution in [0.3, 0.4) is 0 Å². The Kier molecular flexibility index (Phi) is 5.58. The van der Waals surface area contributed by atoms with E-state index >= 15 is 0 Å². The molecule has 2 aliphatic heterocycles. The van der Waals surface area contributed by atoms with E-state index in [1.165, 1.54) is 6.07 Å². The van der Waals surface area contributed by atoms with Gasteiger partial charge in [-0.05, 0) is 56.9 Å². The third-order valence-electron chi connectivity index (χ3n) is 8.27. The summed E-state index contributed by atoms with van der Waals surface area (Å²) in [4.78, 5) is 55.8. The van der Waals surface area contributed by atoms with Gasteiger partial charge < -0.3 is 5.32 Å². The molecule has 1 saturated heterocycles. The molecular weight excluding hydrogens is 515 g/mol. The van der Waals surface area contributed by atoms with E-state index in [0.717, 1.165) is 41.1 Å². The lowest BCUT2D eigenvalue weighted by Crippen LogP contribution is -2.54. The molecule has 4 heterocycles. The van der Waals surface area contributed by atoms with E-state index in [-0.39, 0.29) is 41.7 Å². The predicted octanol–water partition coefficient (Wildman–Crippen LogP) is 3.34. The minimum atomic E-state index is -1.00. The zero-order valence-electron chi connectivity index (χ0n) is 21.8. The molecule has 3 unspecified atom stereocenters. The molecule has 10 nitrogen and oxygen atoms in total. The SMILES string of the molecule is Cc1nc(-c2cn(C3CC3CNc3cccc4c3C(=O)N(C3CCC(=O)NC3=O)C4=O)nc2C2CC2)ccc1F. The van der Waals surface area contributed by atoms with Crippen molar-refractivity contribution < 1.29 is 23.6 Å². The number of nitrogens with zero attached hydrogens (tertiary/aromatic N) is 4. The number of benzene rings is 1. The number of carbonyl (C=O) groups is 4. The Balaban J connectivity index is 1.07. The van der Waals surface area contributed by atoms with Crippen LogP contribution in [0.4, 0.5) is 10.1 Å². The molecule has 2 aliphatic carbocycles. The summed E-state index contributed by atoms with van der Waals surface area (Å²) in [6, 6.07) is 7.38. The van der Waals surface area contributed by atoms with Crippen LogP contribution in [0.5, 0.6) is 0 Å². The Morgan fingerprint density at radius 2 is 1.88 bits per heavy atom. The highest BCUT2D eigenvalue weighted by Crippen LogP contribution is 2.48. The number of nitrogens with one attached hydrogen (secondary N) is 2. The Morgan fingerprint density at radius 1 is 1.05 bits per heavy atom. The topological polar surface area (TPSA) is 126 Å². The molecule has 0 radical (unpaired) electrons. The molecule has 11 heteroatoms. The number of aromatic nitrogens is 3. The van der Waals surface area contributed by atoms with Crippen molar-refractivity contribution in [3.63, 3.8) is 0 Å². The maximum Gasteiger partial charge on any atom is 0.264 e. The first-order chi connectivity index (χ1) is 19.3. The van der Waals surface area contributed by atoms with Crippen LogP contribution in [0.1, 0.15) is 76.2 Å². The number of amides is 4. The van der Waals surface area contributed by atoms with Crippen LogP contribution in [0.25, 0.3) is 11.3 Å². The molecule has 204 valence electrons. The van der Waals surface area contributed by atoms with Crippen LogP contribution in [0, 0.1) is 18.7 Å². The summed E-state index contributed by atoms with van der Waals surface area (Å²) in [5, 5.41) is 10.5. The maximum absolute atomic E-state index is 13.8. The third-order valence-corrected chi connectivity index (χ3v) is 8.27. The molecule has 0 bridgehead atoms. The van der Waals surface area contributed by atoms with Gasteiger partial charge in [-0.15, -0.1) is 0 Å². The van der Waals surface area contributed by atoms with E-state index in [9.17, 15) is 23.6 Å². The van der Waals surface area contributed by atoms with Gasteiger partial charge in [0.05, 0.1) is 34.3 Å². The van der Waals surface area contributed by atoms with E-state index in [4.69, 9.17) is 5.10 Å². The van der Waals surface area contributed by atoms with Gasteiger partial charge in [0.2, 0.25) is 11.8 Å². The second-order valence-electron chi connectivity index (χ2n) is 11.1. The Hall–Kier alpha value is -4.41. The van der Waals surface area contributed by atoms with Gasteiger partial charge in [0.1, 0.15) is 11.9 Å². The number of piperidine rings is 1. The van der Waals surface area contributed by atoms with Crippen molar-refractivity contribution in [1.29, 1.82) is 0 Å². The van der Waals surface area contributed by atoms with Crippen molar-refractivity contribution in [3.05, 3.63) is 64.9 Å². The van der Waals surface area contributed by atoms with Crippen molar-refractivity contribution in [3.8, 4) is 11.3 Å². The Morgan fingerprint density at radius 3 is 2.62 bits per heavy atom. The molecule has 2 N–H and O–H groups in total. The molecule has 4 aliphatic rings. The molecule has 3 atom stereocenters. The molecule has 3 fully saturated rings. The molecule has 3 aromatic rings. The molecule has 1 aromatic carbocycles. The third kappa shape index (κ3) is 4.07. The molecule has 4 amide bonds. The number of halogens is 1. The van der Waals surface area contributed by atoms with Gasteiger partial charge in [-0.3, -0.25) is 34.1 Å². The molecule has 40 heavy (non-hydrogen) atoms. The Labute approximate surface area is 228 Å². The lowest BCUT2D eigenvalue weighted by molar-refractivity contribution is -0.136. The van der Waals surface area contributed by atoms with Crippen LogP contribution in [0.15, 0.2) is 36.5 Å². The summed E-state index contributed by atoms with van der Waals surface area (Å²) in [6.07, 6.45) is 5.27. The molecule has 2 saturated carbocycles. The summed E-state index contributed by atoms with van der Waals surface area (Å²) in [5.41, 5.74) is 4.09. The van der Waals surface area contributed by atoms with Gasteiger partial charge >= 0.3 is 0 Å². The number of hydrogen-bond donors (Lipinski definition) is 2. The lowest BCUT2D eigenvalue weighted by Gasteiger charge is -2.27. The average molecular weight is 543 g/mol. The number of fused-ring (bicyclic) bond motifs is 1. The first-order valence-corrected chi connectivity index (χ1v) is 13.6. The van der Waals surface area contributed by atoms with Gasteiger partial charge in [-0.2, -0.15) is 5.10 Å². The fourth-order valence-electron chi connectivity index (χ4n) is 5.80. The second kappa shape index (κ2) is 9.07. The first-order valence-electron chi connectivity index (χ1n) is 13.6. The van der Waals surface area contributed by atoms with Crippen LogP contribution in [-0.4, -0.2) is 55.9 Å². The largest absolute Gasteiger partial charge is 0.384 e. The van der Waals surface area contributed by atoms with Crippen molar-refractivity contribution in [2.24, 2.45) is 5.92 Å². The number of hydrogen-bond acceptors (Lipinski definition) is 7. The normalized spacial score (nSPS) is 23.9. The van der Waals surface area contributed by atoms with Gasteiger partial charge in [-0.1, -0.05) is 6.07 Å². The molecule has 7 rings (SSSR count). The standard InChI is InChI=1S/C29H27FN6O4/c1-14-19(30)7-8-20(32-14)18-13-35(34-26(18)15-5-6-15)23-11-16(23)12-31-21-4-2-3-17-25(21)29(40)36(28(17)39)22-9-10-24(37)33-27(22)38/h2-4,7-8,13,15-16,22-23,31H,5-6,9-12H2,1H3,(H,33,37,38). The minimum absolute atomic E-state index is 0.0758. The van der Waals surface area contributed by atoms with Crippen molar-refractivity contribution in [1.82, 2.24) is 25.0 Å². The average Bonchev–Trinajstić information content (AvgIpc) is 3.86. The van der Waals surface area contributed by atoms with Gasteiger partial charge in [0.25, 0.3) is 11.8 Å². The quantitative estimate of drug-likeness (QED) is 0.439. The maximum atomic E-state index is 13.8. The zero-order valence-corrected chi connectivity index (χ0v) is 21.8. The van der Waals surface area contributed by atoms with Crippen LogP contribution < -0.4 is 10.6 Å². The van der Waals surface area contributed by atoms with Gasteiger partial charge in [-0.25, -0.2) is 9.37 Å². The number of rotatable bonds is 7. The van der Waals surface area contributed by atoms with Gasteiger partial charge in [0.15, 0.2) is 0 Å². The molecule has 0 spiro atoms. The predicted molar refractivity (Wildman–Crippen MR) is 141 cm³/mol. The summed E-state index contributed by atoms with van der Waals surface area (Å²) in [6.45, 7) is 2.23. The van der Waals surface area contributed by atoms with Crippen LogP contribution in [0.2, 0.25) is 0 Å². The molecular formula is C29H27FN6O4. The summed E-state index contributed by atoms with van der Waals surface area (Å²) in [7, 11) is 0. The monoisotopic (exact) mass is 542 g/mol. The number of pyridine rings is 1. The number of anilines is 1. The van der Waals surface area contributed by atoms with Crippen LogP contribution in [-0.2, 0) is 9.59 Å². The molecule has 2 aromatic heterocycles. The smallest absolute Gasteiger partial charge is 0.264 e. The highest BCUT2D eigenvalue weighted by Gasteiger charge is 2.46. The number of carbonyl (C=O) groups excluding carboxylic acids is 4. The van der Waals surface area contributed by atoms with Crippen molar-refractivity contribution in [2.45, 2.75) is 57.0 Å². The second-order valence-corrected chi connectivity index (χ2v) is 11.1. The van der Waals surface area contributed by atoms with Crippen LogP contribution >= 0.6 is 0 Å². The highest BCUT2D eigenvalue weighted by molar-refractivity contribution is 6.25. The van der Waals surface area contributed by atoms with E-state index in [2.05, 4.69) is 15.6 Å². The van der Waals surface area contributed by atoms with E-state index in [1.807, 2.05) is 10.9 Å². The van der Waals surface area contributed by atoms with E-state index in [1.54, 1.807) is 31.2 Å². The summed E-state index contributed by atoms with van der Waals surface area (Å²) in [5.74, 6) is -1.75.